The molecule has 0 aliphatic heterocycles. The predicted octanol–water partition coefficient (Wildman–Crippen LogP) is 0.526. The van der Waals surface area contributed by atoms with Crippen molar-refractivity contribution in [2.45, 2.75) is 19.8 Å². The summed E-state index contributed by atoms with van der Waals surface area (Å²) in [6, 6.07) is 0. The average molecular weight is 184 g/mol. The summed E-state index contributed by atoms with van der Waals surface area (Å²) in [6.45, 7) is 2.18. The van der Waals surface area contributed by atoms with Gasteiger partial charge in [0.15, 0.2) is 0 Å². The Morgan fingerprint density at radius 1 is 1.54 bits per heavy atom. The van der Waals surface area contributed by atoms with Gasteiger partial charge in [0.1, 0.15) is 0 Å². The second-order valence-electron chi connectivity index (χ2n) is 2.89. The first-order valence-electron chi connectivity index (χ1n) is 4.44. The van der Waals surface area contributed by atoms with Crippen molar-refractivity contribution < 1.29 is 9.84 Å². The molecule has 0 bridgehead atoms. The summed E-state index contributed by atoms with van der Waals surface area (Å²) < 4.78 is 6.91. The second kappa shape index (κ2) is 4.28. The molecule has 0 amide bonds. The van der Waals surface area contributed by atoms with E-state index in [0.717, 1.165) is 23.6 Å². The van der Waals surface area contributed by atoms with Crippen molar-refractivity contribution in [3.8, 4) is 5.88 Å². The Labute approximate surface area is 78.1 Å². The van der Waals surface area contributed by atoms with Gasteiger partial charge < -0.3 is 9.84 Å². The van der Waals surface area contributed by atoms with Gasteiger partial charge in [-0.3, -0.25) is 0 Å². The standard InChI is InChI=1S/C9H16N2O2/c1-4-8-7(5-6-12)9(13-3)11(2)10-8/h12H,4-6H2,1-3H3. The van der Waals surface area contributed by atoms with Crippen LogP contribution in [0.25, 0.3) is 0 Å². The number of ether oxygens (including phenoxy) is 1. The highest BCUT2D eigenvalue weighted by atomic mass is 16.5. The number of nitrogens with zero attached hydrogens (tertiary/aromatic N) is 2. The van der Waals surface area contributed by atoms with Gasteiger partial charge in [-0.2, -0.15) is 5.10 Å². The van der Waals surface area contributed by atoms with Crippen molar-refractivity contribution >= 4 is 0 Å². The Bertz CT molecular complexity index is 281. The maximum Gasteiger partial charge on any atom is 0.214 e. The lowest BCUT2D eigenvalue weighted by Gasteiger charge is -2.02. The van der Waals surface area contributed by atoms with Crippen molar-refractivity contribution in [1.29, 1.82) is 0 Å². The van der Waals surface area contributed by atoms with Gasteiger partial charge in [0.2, 0.25) is 5.88 Å². The molecule has 0 atom stereocenters. The molecule has 0 radical (unpaired) electrons. The van der Waals surface area contributed by atoms with E-state index in [2.05, 4.69) is 5.10 Å². The zero-order chi connectivity index (χ0) is 9.84. The van der Waals surface area contributed by atoms with Crippen LogP contribution in [0.4, 0.5) is 0 Å². The van der Waals surface area contributed by atoms with Crippen molar-refractivity contribution in [1.82, 2.24) is 9.78 Å². The van der Waals surface area contributed by atoms with E-state index in [1.54, 1.807) is 11.8 Å². The van der Waals surface area contributed by atoms with Crippen LogP contribution < -0.4 is 4.74 Å². The molecule has 4 heteroatoms. The smallest absolute Gasteiger partial charge is 0.214 e. The number of hydrogen-bond donors (Lipinski definition) is 1. The average Bonchev–Trinajstić information content (AvgIpc) is 2.43. The predicted molar refractivity (Wildman–Crippen MR) is 49.9 cm³/mol. The highest BCUT2D eigenvalue weighted by Crippen LogP contribution is 2.21. The highest BCUT2D eigenvalue weighted by Gasteiger charge is 2.14. The van der Waals surface area contributed by atoms with Crippen molar-refractivity contribution in [2.24, 2.45) is 7.05 Å². The second-order valence-corrected chi connectivity index (χ2v) is 2.89. The molecule has 0 fully saturated rings. The first-order valence-corrected chi connectivity index (χ1v) is 4.44. The zero-order valence-electron chi connectivity index (χ0n) is 8.37. The molecule has 1 rings (SSSR count). The van der Waals surface area contributed by atoms with Crippen LogP contribution >= 0.6 is 0 Å². The van der Waals surface area contributed by atoms with Crippen molar-refractivity contribution in [3.63, 3.8) is 0 Å². The Morgan fingerprint density at radius 2 is 2.23 bits per heavy atom. The van der Waals surface area contributed by atoms with Gasteiger partial charge in [-0.15, -0.1) is 0 Å². The third kappa shape index (κ3) is 1.83. The SMILES string of the molecule is CCc1nn(C)c(OC)c1CCO. The summed E-state index contributed by atoms with van der Waals surface area (Å²) in [4.78, 5) is 0. The molecular formula is C9H16N2O2. The van der Waals surface area contributed by atoms with Crippen LogP contribution in [0.1, 0.15) is 18.2 Å². The monoisotopic (exact) mass is 184 g/mol. The van der Waals surface area contributed by atoms with Crippen LogP contribution in [0.3, 0.4) is 0 Å². The normalized spacial score (nSPS) is 10.5. The summed E-state index contributed by atoms with van der Waals surface area (Å²) in [7, 11) is 3.47. The third-order valence-corrected chi connectivity index (χ3v) is 2.06. The fraction of sp³-hybridized carbons (Fsp3) is 0.667. The van der Waals surface area contributed by atoms with Gasteiger partial charge >= 0.3 is 0 Å². The number of methoxy groups -OCH3 is 1. The quantitative estimate of drug-likeness (QED) is 0.742. The van der Waals surface area contributed by atoms with Gasteiger partial charge in [-0.1, -0.05) is 6.92 Å². The highest BCUT2D eigenvalue weighted by molar-refractivity contribution is 5.31. The minimum atomic E-state index is 0.134. The van der Waals surface area contributed by atoms with Gasteiger partial charge in [-0.05, 0) is 6.42 Å². The molecule has 0 aromatic carbocycles. The van der Waals surface area contributed by atoms with Crippen LogP contribution in [-0.4, -0.2) is 28.6 Å². The number of rotatable bonds is 4. The van der Waals surface area contributed by atoms with E-state index < -0.39 is 0 Å². The van der Waals surface area contributed by atoms with Crippen molar-refractivity contribution in [3.05, 3.63) is 11.3 Å². The molecule has 1 aromatic rings. The lowest BCUT2D eigenvalue weighted by Crippen LogP contribution is -1.98. The summed E-state index contributed by atoms with van der Waals surface area (Å²) in [5.41, 5.74) is 2.03. The Balaban J connectivity index is 3.08. The number of hydrogen-bond acceptors (Lipinski definition) is 3. The van der Waals surface area contributed by atoms with Crippen LogP contribution in [0.5, 0.6) is 5.88 Å². The molecule has 1 heterocycles. The number of aliphatic hydroxyl groups excluding tert-OH is 1. The molecule has 1 N–H and O–H groups in total. The third-order valence-electron chi connectivity index (χ3n) is 2.06. The summed E-state index contributed by atoms with van der Waals surface area (Å²) >= 11 is 0. The van der Waals surface area contributed by atoms with E-state index in [1.165, 1.54) is 0 Å². The van der Waals surface area contributed by atoms with Crippen LogP contribution in [-0.2, 0) is 19.9 Å². The molecule has 0 aliphatic rings. The molecule has 13 heavy (non-hydrogen) atoms. The largest absolute Gasteiger partial charge is 0.481 e. The van der Waals surface area contributed by atoms with E-state index in [9.17, 15) is 0 Å². The fourth-order valence-corrected chi connectivity index (χ4v) is 1.51. The molecule has 0 unspecified atom stereocenters. The lowest BCUT2D eigenvalue weighted by atomic mass is 10.1. The summed E-state index contributed by atoms with van der Waals surface area (Å²) in [6.07, 6.45) is 1.48. The van der Waals surface area contributed by atoms with Gasteiger partial charge in [0.05, 0.1) is 12.8 Å². The van der Waals surface area contributed by atoms with Gasteiger partial charge in [-0.25, -0.2) is 4.68 Å². The summed E-state index contributed by atoms with van der Waals surface area (Å²) in [5.74, 6) is 0.755. The Morgan fingerprint density at radius 3 is 2.69 bits per heavy atom. The molecule has 74 valence electrons. The molecular weight excluding hydrogens is 168 g/mol. The Kier molecular flexibility index (Phi) is 3.31. The minimum absolute atomic E-state index is 0.134. The minimum Gasteiger partial charge on any atom is -0.481 e. The van der Waals surface area contributed by atoms with Crippen LogP contribution in [0.15, 0.2) is 0 Å². The lowest BCUT2D eigenvalue weighted by molar-refractivity contribution is 0.295. The van der Waals surface area contributed by atoms with E-state index >= 15 is 0 Å². The molecule has 0 saturated heterocycles. The summed E-state index contributed by atoms with van der Waals surface area (Å²) in [5, 5.41) is 13.2. The van der Waals surface area contributed by atoms with Gasteiger partial charge in [0.25, 0.3) is 0 Å². The topological polar surface area (TPSA) is 47.3 Å². The van der Waals surface area contributed by atoms with E-state index in [1.807, 2.05) is 14.0 Å². The molecule has 0 spiro atoms. The first-order chi connectivity index (χ1) is 6.24. The number of aryl methyl sites for hydroxylation is 2. The van der Waals surface area contributed by atoms with E-state index in [0.29, 0.717) is 6.42 Å². The maximum absolute atomic E-state index is 8.88. The Hall–Kier alpha value is -1.03. The maximum atomic E-state index is 8.88. The zero-order valence-corrected chi connectivity index (χ0v) is 8.37. The van der Waals surface area contributed by atoms with Crippen LogP contribution in [0, 0.1) is 0 Å². The fourth-order valence-electron chi connectivity index (χ4n) is 1.51. The molecule has 0 saturated carbocycles. The van der Waals surface area contributed by atoms with Crippen LogP contribution in [0.2, 0.25) is 0 Å². The number of aromatic nitrogens is 2. The molecule has 4 nitrogen and oxygen atoms in total. The van der Waals surface area contributed by atoms with E-state index in [-0.39, 0.29) is 6.61 Å². The van der Waals surface area contributed by atoms with Gasteiger partial charge in [0, 0.05) is 25.6 Å². The van der Waals surface area contributed by atoms with E-state index in [4.69, 9.17) is 9.84 Å². The molecule has 1 aromatic heterocycles. The molecule has 0 aliphatic carbocycles. The first kappa shape index (κ1) is 10.1. The van der Waals surface area contributed by atoms with Crippen molar-refractivity contribution in [2.75, 3.05) is 13.7 Å². The number of aliphatic hydroxyl groups is 1.